The Kier molecular flexibility index (Phi) is 10.6. The number of hydrogen-bond donors (Lipinski definition) is 3. The van der Waals surface area contributed by atoms with Gasteiger partial charge in [0.2, 0.25) is 5.91 Å². The molecule has 2 atom stereocenters. The van der Waals surface area contributed by atoms with Gasteiger partial charge in [0.15, 0.2) is 0 Å². The molecule has 4 aromatic carbocycles. The summed E-state index contributed by atoms with van der Waals surface area (Å²) in [6.45, 7) is 13.1. The van der Waals surface area contributed by atoms with Crippen LogP contribution in [-0.2, 0) is 16.6 Å². The van der Waals surface area contributed by atoms with Crippen LogP contribution in [0.25, 0.3) is 11.1 Å². The molecule has 3 N–H and O–H groups in total. The first-order chi connectivity index (χ1) is 20.8. The lowest BCUT2D eigenvalue weighted by Crippen LogP contribution is -2.26. The fourth-order valence-corrected chi connectivity index (χ4v) is 5.66. The molecule has 4 aromatic rings. The molecule has 0 aliphatic rings. The molecule has 0 saturated carbocycles. The van der Waals surface area contributed by atoms with E-state index in [4.69, 9.17) is 0 Å². The third-order valence-electron chi connectivity index (χ3n) is 7.95. The number of benzene rings is 4. The van der Waals surface area contributed by atoms with Crippen LogP contribution in [0.4, 0.5) is 5.69 Å². The minimum atomic E-state index is -0.959. The number of aryl methyl sites for hydroxylation is 3. The molecule has 0 spiro atoms. The van der Waals surface area contributed by atoms with Crippen LogP contribution in [0.15, 0.2) is 84.9 Å². The predicted octanol–water partition coefficient (Wildman–Crippen LogP) is 8.45. The highest BCUT2D eigenvalue weighted by Gasteiger charge is 2.23. The van der Waals surface area contributed by atoms with Gasteiger partial charge in [-0.1, -0.05) is 104 Å². The van der Waals surface area contributed by atoms with E-state index in [9.17, 15) is 14.1 Å². The average molecular weight is 609 g/mol. The van der Waals surface area contributed by atoms with Gasteiger partial charge in [0.05, 0.1) is 5.92 Å². The Balaban J connectivity index is 1.57. The third-order valence-corrected chi connectivity index (χ3v) is 8.63. The first-order valence-corrected chi connectivity index (χ1v) is 16.5. The Morgan fingerprint density at radius 2 is 1.55 bits per heavy atom. The van der Waals surface area contributed by atoms with Gasteiger partial charge in [0.25, 0.3) is 5.91 Å². The normalized spacial score (nSPS) is 12.8. The second kappa shape index (κ2) is 14.2. The van der Waals surface area contributed by atoms with Crippen LogP contribution in [0, 0.1) is 20.8 Å². The Bertz CT molecular complexity index is 1650. The molecule has 4 rings (SSSR count). The smallest absolute Gasteiger partial charge is 0.251 e. The number of hydrogen-bond acceptors (Lipinski definition) is 3. The fourth-order valence-electron chi connectivity index (χ4n) is 5.32. The summed E-state index contributed by atoms with van der Waals surface area (Å²) in [5.74, 6) is 3.27. The van der Waals surface area contributed by atoms with Gasteiger partial charge < -0.3 is 15.2 Å². The molecule has 0 radical (unpaired) electrons. The molecule has 0 aromatic heterocycles. The number of amides is 2. The second-order valence-electron chi connectivity index (χ2n) is 12.6. The van der Waals surface area contributed by atoms with Gasteiger partial charge in [-0.05, 0) is 95.8 Å². The average Bonchev–Trinajstić information content (AvgIpc) is 2.96. The van der Waals surface area contributed by atoms with E-state index in [-0.39, 0.29) is 17.2 Å². The monoisotopic (exact) mass is 608 g/mol. The maximum absolute atomic E-state index is 13.9. The Morgan fingerprint density at radius 3 is 2.14 bits per heavy atom. The summed E-state index contributed by atoms with van der Waals surface area (Å²) in [6, 6.07) is 28.3. The zero-order chi connectivity index (χ0) is 32.0. The lowest BCUT2D eigenvalue weighted by molar-refractivity contribution is -0.117. The van der Waals surface area contributed by atoms with Gasteiger partial charge in [0, 0.05) is 23.5 Å². The number of carbonyl (C=O) groups excluding carboxylic acids is 2. The van der Waals surface area contributed by atoms with Crippen molar-refractivity contribution in [2.24, 2.45) is 0 Å². The van der Waals surface area contributed by atoms with Crippen molar-refractivity contribution in [3.8, 4) is 11.1 Å². The summed E-state index contributed by atoms with van der Waals surface area (Å²) >= 11 is 0. The van der Waals surface area contributed by atoms with Crippen LogP contribution >= 0.6 is 10.8 Å². The lowest BCUT2D eigenvalue weighted by atomic mass is 9.84. The van der Waals surface area contributed by atoms with E-state index >= 15 is 0 Å². The Labute approximate surface area is 264 Å². The standard InChI is InChI=1S/C38H44N2O3S/c1-25-8-18-33(26(2)22-25)31-15-19-35(27(3)23-31)40-37(42)34(29-13-16-32(17-14-29)38(4,5)6)24-28-9-11-30(12-10-28)36(41)39-20-21-44(7)43/h8-19,22-23,34,43H,7,20-21,24H2,1-6H3,(H,39,41)(H,40,42). The van der Waals surface area contributed by atoms with Crippen molar-refractivity contribution >= 4 is 34.1 Å². The first kappa shape index (κ1) is 32.9. The molecular weight excluding hydrogens is 564 g/mol. The highest BCUT2D eigenvalue weighted by atomic mass is 32.2. The van der Waals surface area contributed by atoms with Gasteiger partial charge in [-0.2, -0.15) is 0 Å². The highest BCUT2D eigenvalue weighted by molar-refractivity contribution is 8.09. The summed E-state index contributed by atoms with van der Waals surface area (Å²) in [4.78, 5) is 26.5. The topological polar surface area (TPSA) is 78.4 Å². The van der Waals surface area contributed by atoms with Crippen molar-refractivity contribution in [3.05, 3.63) is 124 Å². The number of carbonyl (C=O) groups is 2. The molecule has 5 nitrogen and oxygen atoms in total. The second-order valence-corrected chi connectivity index (χ2v) is 13.9. The van der Waals surface area contributed by atoms with Crippen molar-refractivity contribution in [2.75, 3.05) is 17.6 Å². The summed E-state index contributed by atoms with van der Waals surface area (Å²) in [5.41, 5.74) is 10.2. The van der Waals surface area contributed by atoms with Crippen LogP contribution in [0.1, 0.15) is 70.4 Å². The van der Waals surface area contributed by atoms with Crippen LogP contribution in [0.2, 0.25) is 0 Å². The van der Waals surface area contributed by atoms with Crippen molar-refractivity contribution < 1.29 is 14.1 Å². The van der Waals surface area contributed by atoms with Crippen LogP contribution in [-0.4, -0.2) is 34.5 Å². The number of rotatable bonds is 10. The predicted molar refractivity (Wildman–Crippen MR) is 187 cm³/mol. The molecule has 0 heterocycles. The zero-order valence-corrected chi connectivity index (χ0v) is 27.5. The van der Waals surface area contributed by atoms with Gasteiger partial charge in [-0.15, -0.1) is 0 Å². The van der Waals surface area contributed by atoms with Crippen molar-refractivity contribution in [1.29, 1.82) is 0 Å². The minimum Gasteiger partial charge on any atom is -0.351 e. The van der Waals surface area contributed by atoms with Crippen molar-refractivity contribution in [3.63, 3.8) is 0 Å². The summed E-state index contributed by atoms with van der Waals surface area (Å²) in [5, 5.41) is 6.02. The zero-order valence-electron chi connectivity index (χ0n) is 26.7. The SMILES string of the molecule is C=S(O)CCNC(=O)c1ccc(CC(C(=O)Nc2ccc(-c3ccc(C)cc3C)cc2C)c2ccc(C(C)(C)C)cc2)cc1. The number of nitrogens with one attached hydrogen (secondary N) is 2. The number of anilines is 1. The van der Waals surface area contributed by atoms with E-state index in [0.717, 1.165) is 27.9 Å². The van der Waals surface area contributed by atoms with Crippen molar-refractivity contribution in [2.45, 2.75) is 59.3 Å². The van der Waals surface area contributed by atoms with E-state index in [1.54, 1.807) is 12.1 Å². The molecule has 0 bridgehead atoms. The van der Waals surface area contributed by atoms with E-state index in [1.807, 2.05) is 25.1 Å². The highest BCUT2D eigenvalue weighted by Crippen LogP contribution is 2.31. The molecule has 230 valence electrons. The maximum Gasteiger partial charge on any atom is 0.251 e. The Morgan fingerprint density at radius 1 is 0.864 bits per heavy atom. The minimum absolute atomic E-state index is 0.00746. The van der Waals surface area contributed by atoms with Crippen LogP contribution in [0.5, 0.6) is 0 Å². The van der Waals surface area contributed by atoms with Gasteiger partial charge in [-0.25, -0.2) is 0 Å². The third kappa shape index (κ3) is 8.55. The summed E-state index contributed by atoms with van der Waals surface area (Å²) < 4.78 is 9.37. The molecule has 0 saturated heterocycles. The quantitative estimate of drug-likeness (QED) is 0.158. The van der Waals surface area contributed by atoms with Gasteiger partial charge in [0.1, 0.15) is 0 Å². The molecule has 2 unspecified atom stereocenters. The molecule has 0 aliphatic carbocycles. The summed E-state index contributed by atoms with van der Waals surface area (Å²) in [6.07, 6.45) is 0.483. The van der Waals surface area contributed by atoms with Crippen LogP contribution < -0.4 is 10.6 Å². The van der Waals surface area contributed by atoms with Gasteiger partial charge in [-0.3, -0.25) is 9.59 Å². The maximum atomic E-state index is 13.9. The molecule has 44 heavy (non-hydrogen) atoms. The first-order valence-electron chi connectivity index (χ1n) is 15.0. The fraction of sp³-hybridized carbons (Fsp3) is 0.289. The Hall–Kier alpha value is -4.00. The van der Waals surface area contributed by atoms with Crippen molar-refractivity contribution in [1.82, 2.24) is 5.32 Å². The largest absolute Gasteiger partial charge is 0.351 e. The van der Waals surface area contributed by atoms with Gasteiger partial charge >= 0.3 is 0 Å². The van der Waals surface area contributed by atoms with E-state index in [2.05, 4.69) is 106 Å². The molecule has 0 fully saturated rings. The lowest BCUT2D eigenvalue weighted by Gasteiger charge is -2.22. The van der Waals surface area contributed by atoms with Crippen LogP contribution in [0.3, 0.4) is 0 Å². The molecule has 2 amide bonds. The molecule has 6 heteroatoms. The summed E-state index contributed by atoms with van der Waals surface area (Å²) in [7, 11) is -0.959. The van der Waals surface area contributed by atoms with E-state index in [1.165, 1.54) is 22.3 Å². The van der Waals surface area contributed by atoms with E-state index < -0.39 is 16.7 Å². The molecular formula is C38H44N2O3S. The molecule has 0 aliphatic heterocycles. The van der Waals surface area contributed by atoms with E-state index in [0.29, 0.717) is 24.3 Å².